The molecular formula is C13H13ClN4O. The average molecular weight is 277 g/mol. The minimum absolute atomic E-state index is 0.232. The SMILES string of the molecule is CC/C(=N\Nc1ccc(Cl)nn1)c1ccc(O)cc1. The van der Waals surface area contributed by atoms with E-state index in [1.165, 1.54) is 0 Å². The Kier molecular flexibility index (Phi) is 4.30. The molecule has 2 aromatic rings. The molecule has 0 spiro atoms. The lowest BCUT2D eigenvalue weighted by molar-refractivity contribution is 0.475. The Morgan fingerprint density at radius 2 is 1.95 bits per heavy atom. The van der Waals surface area contributed by atoms with Gasteiger partial charge < -0.3 is 5.11 Å². The topological polar surface area (TPSA) is 70.4 Å². The molecule has 6 heteroatoms. The van der Waals surface area contributed by atoms with Crippen LogP contribution in [0.4, 0.5) is 5.82 Å². The smallest absolute Gasteiger partial charge is 0.168 e. The molecule has 0 aliphatic carbocycles. The monoisotopic (exact) mass is 276 g/mol. The average Bonchev–Trinajstić information content (AvgIpc) is 2.43. The van der Waals surface area contributed by atoms with Gasteiger partial charge in [-0.3, -0.25) is 5.43 Å². The summed E-state index contributed by atoms with van der Waals surface area (Å²) in [7, 11) is 0. The molecule has 0 saturated heterocycles. The van der Waals surface area contributed by atoms with Crippen molar-refractivity contribution < 1.29 is 5.11 Å². The van der Waals surface area contributed by atoms with Gasteiger partial charge in [-0.1, -0.05) is 18.5 Å². The zero-order valence-electron chi connectivity index (χ0n) is 10.3. The Bertz CT molecular complexity index is 566. The summed E-state index contributed by atoms with van der Waals surface area (Å²) in [5, 5.41) is 21.4. The second kappa shape index (κ2) is 6.15. The first-order chi connectivity index (χ1) is 9.19. The van der Waals surface area contributed by atoms with E-state index in [1.807, 2.05) is 19.1 Å². The second-order valence-corrected chi connectivity index (χ2v) is 4.20. The molecule has 2 rings (SSSR count). The lowest BCUT2D eigenvalue weighted by Gasteiger charge is -2.05. The molecule has 0 amide bonds. The van der Waals surface area contributed by atoms with E-state index in [2.05, 4.69) is 20.7 Å². The zero-order chi connectivity index (χ0) is 13.7. The normalized spacial score (nSPS) is 11.4. The number of phenolic OH excluding ortho intramolecular Hbond substituents is 1. The van der Waals surface area contributed by atoms with Crippen molar-refractivity contribution >= 4 is 23.1 Å². The maximum Gasteiger partial charge on any atom is 0.168 e. The predicted molar refractivity (Wildman–Crippen MR) is 75.6 cm³/mol. The summed E-state index contributed by atoms with van der Waals surface area (Å²) in [6.45, 7) is 2.00. The Morgan fingerprint density at radius 1 is 1.21 bits per heavy atom. The van der Waals surface area contributed by atoms with Gasteiger partial charge >= 0.3 is 0 Å². The number of anilines is 1. The van der Waals surface area contributed by atoms with Gasteiger partial charge in [-0.15, -0.1) is 10.2 Å². The standard InChI is InChI=1S/C13H13ClN4O/c1-2-11(9-3-5-10(19)6-4-9)15-17-13-8-7-12(14)16-18-13/h3-8,19H,2H2,1H3,(H,17,18)/b15-11+. The van der Waals surface area contributed by atoms with Crippen LogP contribution in [0.1, 0.15) is 18.9 Å². The maximum atomic E-state index is 9.26. The van der Waals surface area contributed by atoms with Crippen LogP contribution >= 0.6 is 11.6 Å². The van der Waals surface area contributed by atoms with E-state index >= 15 is 0 Å². The van der Waals surface area contributed by atoms with E-state index in [0.29, 0.717) is 11.0 Å². The van der Waals surface area contributed by atoms with Crippen LogP contribution in [0.2, 0.25) is 5.15 Å². The van der Waals surface area contributed by atoms with E-state index in [4.69, 9.17) is 11.6 Å². The molecule has 0 saturated carbocycles. The molecule has 0 aliphatic rings. The number of aromatic hydroxyl groups is 1. The Labute approximate surface area is 116 Å². The highest BCUT2D eigenvalue weighted by atomic mass is 35.5. The van der Waals surface area contributed by atoms with E-state index in [9.17, 15) is 5.11 Å². The quantitative estimate of drug-likeness (QED) is 0.665. The third kappa shape index (κ3) is 3.66. The summed E-state index contributed by atoms with van der Waals surface area (Å²) in [5.74, 6) is 0.754. The number of phenols is 1. The fourth-order valence-corrected chi connectivity index (χ4v) is 1.60. The maximum absolute atomic E-state index is 9.26. The van der Waals surface area contributed by atoms with Gasteiger partial charge in [-0.05, 0) is 48.4 Å². The van der Waals surface area contributed by atoms with Crippen LogP contribution in [-0.2, 0) is 0 Å². The minimum atomic E-state index is 0.232. The molecule has 5 nitrogen and oxygen atoms in total. The van der Waals surface area contributed by atoms with Crippen molar-refractivity contribution in [2.45, 2.75) is 13.3 Å². The molecule has 1 aromatic carbocycles. The molecule has 0 bridgehead atoms. The third-order valence-corrected chi connectivity index (χ3v) is 2.67. The lowest BCUT2D eigenvalue weighted by atomic mass is 10.1. The Balaban J connectivity index is 2.15. The highest BCUT2D eigenvalue weighted by Crippen LogP contribution is 2.12. The third-order valence-electron chi connectivity index (χ3n) is 2.47. The van der Waals surface area contributed by atoms with Crippen molar-refractivity contribution in [3.8, 4) is 5.75 Å². The largest absolute Gasteiger partial charge is 0.508 e. The van der Waals surface area contributed by atoms with E-state index in [-0.39, 0.29) is 5.75 Å². The molecular weight excluding hydrogens is 264 g/mol. The number of rotatable bonds is 4. The molecule has 0 atom stereocenters. The van der Waals surface area contributed by atoms with Crippen LogP contribution in [0.15, 0.2) is 41.5 Å². The Hall–Kier alpha value is -2.14. The predicted octanol–water partition coefficient (Wildman–Crippen LogP) is 3.06. The van der Waals surface area contributed by atoms with Crippen LogP contribution in [0.25, 0.3) is 0 Å². The minimum Gasteiger partial charge on any atom is -0.508 e. The van der Waals surface area contributed by atoms with E-state index in [0.717, 1.165) is 17.7 Å². The summed E-state index contributed by atoms with van der Waals surface area (Å²) >= 11 is 5.65. The fourth-order valence-electron chi connectivity index (χ4n) is 1.50. The summed E-state index contributed by atoms with van der Waals surface area (Å²) in [6, 6.07) is 10.2. The summed E-state index contributed by atoms with van der Waals surface area (Å²) in [6.07, 6.45) is 0.749. The number of nitrogens with zero attached hydrogens (tertiary/aromatic N) is 3. The summed E-state index contributed by atoms with van der Waals surface area (Å²) in [5.41, 5.74) is 4.63. The van der Waals surface area contributed by atoms with Crippen molar-refractivity contribution in [1.82, 2.24) is 10.2 Å². The summed E-state index contributed by atoms with van der Waals surface area (Å²) in [4.78, 5) is 0. The van der Waals surface area contributed by atoms with Crippen LogP contribution in [0.3, 0.4) is 0 Å². The number of aromatic nitrogens is 2. The van der Waals surface area contributed by atoms with Gasteiger partial charge in [0.1, 0.15) is 5.75 Å². The Morgan fingerprint density at radius 3 is 2.53 bits per heavy atom. The molecule has 0 radical (unpaired) electrons. The molecule has 2 N–H and O–H groups in total. The zero-order valence-corrected chi connectivity index (χ0v) is 11.1. The van der Waals surface area contributed by atoms with Crippen molar-refractivity contribution in [2.75, 3.05) is 5.43 Å². The first-order valence-corrected chi connectivity index (χ1v) is 6.18. The van der Waals surface area contributed by atoms with Gasteiger partial charge in [0.25, 0.3) is 0 Å². The lowest BCUT2D eigenvalue weighted by Crippen LogP contribution is -2.04. The van der Waals surface area contributed by atoms with Gasteiger partial charge in [0.2, 0.25) is 0 Å². The number of benzene rings is 1. The highest BCUT2D eigenvalue weighted by molar-refractivity contribution is 6.29. The molecule has 1 aromatic heterocycles. The fraction of sp³-hybridized carbons (Fsp3) is 0.154. The van der Waals surface area contributed by atoms with Crippen molar-refractivity contribution in [3.05, 3.63) is 47.1 Å². The van der Waals surface area contributed by atoms with Gasteiger partial charge in [0, 0.05) is 0 Å². The number of hydrazone groups is 1. The van der Waals surface area contributed by atoms with Crippen molar-refractivity contribution in [2.24, 2.45) is 5.10 Å². The van der Waals surface area contributed by atoms with E-state index in [1.54, 1.807) is 24.3 Å². The molecule has 0 fully saturated rings. The molecule has 1 heterocycles. The van der Waals surface area contributed by atoms with E-state index < -0.39 is 0 Å². The summed E-state index contributed by atoms with van der Waals surface area (Å²) < 4.78 is 0. The number of hydrogen-bond donors (Lipinski definition) is 2. The van der Waals surface area contributed by atoms with Crippen LogP contribution in [-0.4, -0.2) is 21.0 Å². The molecule has 19 heavy (non-hydrogen) atoms. The van der Waals surface area contributed by atoms with Crippen LogP contribution in [0.5, 0.6) is 5.75 Å². The first-order valence-electron chi connectivity index (χ1n) is 5.80. The van der Waals surface area contributed by atoms with Crippen LogP contribution in [0, 0.1) is 0 Å². The van der Waals surface area contributed by atoms with Crippen molar-refractivity contribution in [3.63, 3.8) is 0 Å². The van der Waals surface area contributed by atoms with Crippen molar-refractivity contribution in [1.29, 1.82) is 0 Å². The first kappa shape index (κ1) is 13.3. The second-order valence-electron chi connectivity index (χ2n) is 3.81. The number of halogens is 1. The van der Waals surface area contributed by atoms with Gasteiger partial charge in [0.05, 0.1) is 5.71 Å². The number of hydrogen-bond acceptors (Lipinski definition) is 5. The molecule has 0 aliphatic heterocycles. The van der Waals surface area contributed by atoms with Gasteiger partial charge in [-0.2, -0.15) is 5.10 Å². The van der Waals surface area contributed by atoms with Gasteiger partial charge in [0.15, 0.2) is 11.0 Å². The number of nitrogens with one attached hydrogen (secondary N) is 1. The molecule has 0 unspecified atom stereocenters. The van der Waals surface area contributed by atoms with Gasteiger partial charge in [-0.25, -0.2) is 0 Å². The highest BCUT2D eigenvalue weighted by Gasteiger charge is 2.02. The molecule has 98 valence electrons. The van der Waals surface area contributed by atoms with Crippen LogP contribution < -0.4 is 5.43 Å².